The van der Waals surface area contributed by atoms with Gasteiger partial charge in [0.1, 0.15) is 5.82 Å². The van der Waals surface area contributed by atoms with Crippen LogP contribution in [0.4, 0.5) is 4.39 Å². The molecule has 0 amide bonds. The largest absolute Gasteiger partial charge is 0.388 e. The summed E-state index contributed by atoms with van der Waals surface area (Å²) in [6.45, 7) is 2.51. The maximum atomic E-state index is 13.0. The molecule has 0 radical (unpaired) electrons. The standard InChI is InChI=1S/C13H19ClFN3O/c1-19-7-6-18(5-4-13(16)17)9-10-2-3-11(15)8-12(10)14/h2-3,8H,4-7,9H2,1H3,(H3,16,17). The summed E-state index contributed by atoms with van der Waals surface area (Å²) in [6.07, 6.45) is 0.489. The number of methoxy groups -OCH3 is 1. The zero-order valence-corrected chi connectivity index (χ0v) is 11.7. The van der Waals surface area contributed by atoms with E-state index in [1.54, 1.807) is 13.2 Å². The number of nitrogens with two attached hydrogens (primary N) is 1. The second-order valence-corrected chi connectivity index (χ2v) is 4.69. The fourth-order valence-corrected chi connectivity index (χ4v) is 1.89. The number of halogens is 2. The van der Waals surface area contributed by atoms with Crippen LogP contribution in [0.1, 0.15) is 12.0 Å². The van der Waals surface area contributed by atoms with E-state index < -0.39 is 0 Å². The molecule has 106 valence electrons. The van der Waals surface area contributed by atoms with E-state index in [1.807, 2.05) is 0 Å². The molecule has 0 aliphatic carbocycles. The molecule has 0 aliphatic heterocycles. The van der Waals surface area contributed by atoms with E-state index in [2.05, 4.69) is 4.90 Å². The zero-order chi connectivity index (χ0) is 14.3. The molecule has 6 heteroatoms. The van der Waals surface area contributed by atoms with Crippen LogP contribution in [0, 0.1) is 11.2 Å². The van der Waals surface area contributed by atoms with Crippen molar-refractivity contribution in [1.29, 1.82) is 5.41 Å². The summed E-state index contributed by atoms with van der Waals surface area (Å²) in [6, 6.07) is 4.36. The van der Waals surface area contributed by atoms with Gasteiger partial charge in [-0.25, -0.2) is 4.39 Å². The second kappa shape index (κ2) is 8.09. The van der Waals surface area contributed by atoms with Gasteiger partial charge >= 0.3 is 0 Å². The fourth-order valence-electron chi connectivity index (χ4n) is 1.66. The van der Waals surface area contributed by atoms with Crippen LogP contribution in [0.5, 0.6) is 0 Å². The van der Waals surface area contributed by atoms with Crippen molar-refractivity contribution in [2.75, 3.05) is 26.8 Å². The lowest BCUT2D eigenvalue weighted by Gasteiger charge is -2.22. The molecule has 0 aromatic heterocycles. The molecule has 0 unspecified atom stereocenters. The summed E-state index contributed by atoms with van der Waals surface area (Å²) in [4.78, 5) is 2.07. The number of hydrogen-bond donors (Lipinski definition) is 2. The second-order valence-electron chi connectivity index (χ2n) is 4.28. The van der Waals surface area contributed by atoms with Crippen molar-refractivity contribution in [3.05, 3.63) is 34.6 Å². The molecular formula is C13H19ClFN3O. The first-order chi connectivity index (χ1) is 9.02. The quantitative estimate of drug-likeness (QED) is 0.569. The molecule has 0 spiro atoms. The number of benzene rings is 1. The molecule has 0 atom stereocenters. The minimum Gasteiger partial charge on any atom is -0.388 e. The molecule has 1 rings (SSSR count). The highest BCUT2D eigenvalue weighted by Crippen LogP contribution is 2.19. The number of ether oxygens (including phenoxy) is 1. The third-order valence-electron chi connectivity index (χ3n) is 2.72. The van der Waals surface area contributed by atoms with Gasteiger partial charge in [0, 0.05) is 38.2 Å². The summed E-state index contributed by atoms with van der Waals surface area (Å²) in [5, 5.41) is 7.67. The van der Waals surface area contributed by atoms with E-state index in [0.29, 0.717) is 37.7 Å². The third-order valence-corrected chi connectivity index (χ3v) is 3.07. The lowest BCUT2D eigenvalue weighted by molar-refractivity contribution is 0.145. The molecule has 0 heterocycles. The number of rotatable bonds is 8. The van der Waals surface area contributed by atoms with E-state index in [0.717, 1.165) is 5.56 Å². The molecular weight excluding hydrogens is 269 g/mol. The highest BCUT2D eigenvalue weighted by Gasteiger charge is 2.09. The molecule has 4 nitrogen and oxygen atoms in total. The SMILES string of the molecule is COCCN(CCC(=N)N)Cc1ccc(F)cc1Cl. The molecule has 0 saturated carbocycles. The van der Waals surface area contributed by atoms with Crippen molar-refractivity contribution in [2.24, 2.45) is 5.73 Å². The number of nitrogens with one attached hydrogen (secondary N) is 1. The molecule has 0 aliphatic rings. The Morgan fingerprint density at radius 3 is 2.79 bits per heavy atom. The number of amidine groups is 1. The van der Waals surface area contributed by atoms with Crippen molar-refractivity contribution in [2.45, 2.75) is 13.0 Å². The zero-order valence-electron chi connectivity index (χ0n) is 11.0. The molecule has 0 saturated heterocycles. The van der Waals surface area contributed by atoms with E-state index in [9.17, 15) is 4.39 Å². The van der Waals surface area contributed by atoms with Crippen LogP contribution < -0.4 is 5.73 Å². The Morgan fingerprint density at radius 2 is 2.21 bits per heavy atom. The smallest absolute Gasteiger partial charge is 0.124 e. The molecule has 0 fully saturated rings. The normalized spacial score (nSPS) is 10.9. The van der Waals surface area contributed by atoms with Crippen molar-refractivity contribution in [3.63, 3.8) is 0 Å². The molecule has 0 bridgehead atoms. The fraction of sp³-hybridized carbons (Fsp3) is 0.462. The average molecular weight is 288 g/mol. The average Bonchev–Trinajstić information content (AvgIpc) is 2.35. The van der Waals surface area contributed by atoms with E-state index >= 15 is 0 Å². The van der Waals surface area contributed by atoms with Gasteiger partial charge in [-0.2, -0.15) is 0 Å². The van der Waals surface area contributed by atoms with Crippen LogP contribution >= 0.6 is 11.6 Å². The van der Waals surface area contributed by atoms with Gasteiger partial charge in [0.05, 0.1) is 12.4 Å². The van der Waals surface area contributed by atoms with Gasteiger partial charge < -0.3 is 10.5 Å². The van der Waals surface area contributed by atoms with E-state index in [4.69, 9.17) is 27.5 Å². The van der Waals surface area contributed by atoms with Gasteiger partial charge in [-0.05, 0) is 17.7 Å². The number of hydrogen-bond acceptors (Lipinski definition) is 3. The van der Waals surface area contributed by atoms with Crippen LogP contribution in [-0.4, -0.2) is 37.5 Å². The first kappa shape index (κ1) is 15.9. The van der Waals surface area contributed by atoms with Crippen LogP contribution in [0.2, 0.25) is 5.02 Å². The van der Waals surface area contributed by atoms with Crippen molar-refractivity contribution < 1.29 is 9.13 Å². The van der Waals surface area contributed by atoms with Gasteiger partial charge in [-0.1, -0.05) is 17.7 Å². The lowest BCUT2D eigenvalue weighted by atomic mass is 10.2. The Bertz CT molecular complexity index is 428. The van der Waals surface area contributed by atoms with Gasteiger partial charge in [0.2, 0.25) is 0 Å². The van der Waals surface area contributed by atoms with Crippen LogP contribution in [0.15, 0.2) is 18.2 Å². The highest BCUT2D eigenvalue weighted by molar-refractivity contribution is 6.31. The minimum atomic E-state index is -0.346. The Morgan fingerprint density at radius 1 is 1.47 bits per heavy atom. The van der Waals surface area contributed by atoms with Gasteiger partial charge in [-0.15, -0.1) is 0 Å². The molecule has 19 heavy (non-hydrogen) atoms. The van der Waals surface area contributed by atoms with Gasteiger partial charge in [0.25, 0.3) is 0 Å². The molecule has 1 aromatic carbocycles. The molecule has 1 aromatic rings. The van der Waals surface area contributed by atoms with Crippen molar-refractivity contribution in [1.82, 2.24) is 4.90 Å². The van der Waals surface area contributed by atoms with E-state index in [1.165, 1.54) is 12.1 Å². The maximum absolute atomic E-state index is 13.0. The summed E-state index contributed by atoms with van der Waals surface area (Å²) in [5.74, 6) is -0.200. The first-order valence-electron chi connectivity index (χ1n) is 6.01. The number of nitrogens with zero attached hydrogens (tertiary/aromatic N) is 1. The summed E-state index contributed by atoms with van der Waals surface area (Å²) >= 11 is 6.01. The lowest BCUT2D eigenvalue weighted by Crippen LogP contribution is -2.30. The predicted molar refractivity (Wildman–Crippen MR) is 75.1 cm³/mol. The van der Waals surface area contributed by atoms with Crippen molar-refractivity contribution >= 4 is 17.4 Å². The topological polar surface area (TPSA) is 62.3 Å². The van der Waals surface area contributed by atoms with E-state index in [-0.39, 0.29) is 11.7 Å². The maximum Gasteiger partial charge on any atom is 0.124 e. The summed E-state index contributed by atoms with van der Waals surface area (Å²) in [7, 11) is 1.63. The van der Waals surface area contributed by atoms with Gasteiger partial charge in [0.15, 0.2) is 0 Å². The third kappa shape index (κ3) is 6.00. The Balaban J connectivity index is 2.66. The Hall–Kier alpha value is -1.17. The van der Waals surface area contributed by atoms with Gasteiger partial charge in [-0.3, -0.25) is 10.3 Å². The van der Waals surface area contributed by atoms with Crippen LogP contribution in [0.25, 0.3) is 0 Å². The first-order valence-corrected chi connectivity index (χ1v) is 6.39. The Labute approximate surface area is 117 Å². The van der Waals surface area contributed by atoms with Crippen LogP contribution in [0.3, 0.4) is 0 Å². The van der Waals surface area contributed by atoms with Crippen LogP contribution in [-0.2, 0) is 11.3 Å². The minimum absolute atomic E-state index is 0.146. The highest BCUT2D eigenvalue weighted by atomic mass is 35.5. The monoisotopic (exact) mass is 287 g/mol. The predicted octanol–water partition coefficient (Wildman–Crippen LogP) is 2.25. The summed E-state index contributed by atoms with van der Waals surface area (Å²) in [5.41, 5.74) is 6.21. The molecule has 3 N–H and O–H groups in total. The Kier molecular flexibility index (Phi) is 6.77. The van der Waals surface area contributed by atoms with Crippen molar-refractivity contribution in [3.8, 4) is 0 Å². The summed E-state index contributed by atoms with van der Waals surface area (Å²) < 4.78 is 18.0.